The Kier molecular flexibility index (Phi) is 5.76. The Bertz CT molecular complexity index is 354. The van der Waals surface area contributed by atoms with Crippen molar-refractivity contribution >= 4 is 12.1 Å². The first kappa shape index (κ1) is 16.7. The highest BCUT2D eigenvalue weighted by Gasteiger charge is 2.37. The predicted molar refractivity (Wildman–Crippen MR) is 74.2 cm³/mol. The lowest BCUT2D eigenvalue weighted by molar-refractivity contribution is -0.149. The first-order chi connectivity index (χ1) is 9.28. The maximum atomic E-state index is 12.2. The quantitative estimate of drug-likeness (QED) is 0.738. The number of ether oxygens (including phenoxy) is 2. The lowest BCUT2D eigenvalue weighted by Gasteiger charge is -2.40. The molecule has 1 amide bonds. The molecule has 1 unspecified atom stereocenters. The summed E-state index contributed by atoms with van der Waals surface area (Å²) < 4.78 is 10.1. The van der Waals surface area contributed by atoms with Crippen molar-refractivity contribution in [1.82, 2.24) is 9.80 Å². The van der Waals surface area contributed by atoms with Crippen LogP contribution < -0.4 is 5.73 Å². The fourth-order valence-corrected chi connectivity index (χ4v) is 2.10. The van der Waals surface area contributed by atoms with Crippen LogP contribution in [0.15, 0.2) is 0 Å². The van der Waals surface area contributed by atoms with E-state index in [1.807, 2.05) is 4.90 Å². The van der Waals surface area contributed by atoms with Crippen LogP contribution in [0.25, 0.3) is 0 Å². The van der Waals surface area contributed by atoms with E-state index >= 15 is 0 Å². The van der Waals surface area contributed by atoms with Crippen molar-refractivity contribution in [3.05, 3.63) is 0 Å². The Hall–Kier alpha value is -1.34. The van der Waals surface area contributed by atoms with Gasteiger partial charge in [0.05, 0.1) is 7.11 Å². The van der Waals surface area contributed by atoms with Gasteiger partial charge in [0.2, 0.25) is 0 Å². The molecule has 0 radical (unpaired) electrons. The highest BCUT2D eigenvalue weighted by atomic mass is 16.6. The van der Waals surface area contributed by atoms with E-state index in [1.165, 1.54) is 12.0 Å². The summed E-state index contributed by atoms with van der Waals surface area (Å²) in [4.78, 5) is 27.5. The van der Waals surface area contributed by atoms with E-state index in [4.69, 9.17) is 15.2 Å². The number of rotatable bonds is 3. The van der Waals surface area contributed by atoms with Crippen molar-refractivity contribution in [2.24, 2.45) is 5.73 Å². The van der Waals surface area contributed by atoms with Gasteiger partial charge in [-0.05, 0) is 20.8 Å². The second-order valence-corrected chi connectivity index (χ2v) is 5.80. The molecule has 1 aliphatic rings. The Morgan fingerprint density at radius 1 is 1.30 bits per heavy atom. The van der Waals surface area contributed by atoms with Crippen molar-refractivity contribution < 1.29 is 19.1 Å². The SMILES string of the molecule is COC(=O)C1CN(CCN)CCN1C(=O)OC(C)(C)C. The lowest BCUT2D eigenvalue weighted by Crippen LogP contribution is -2.59. The summed E-state index contributed by atoms with van der Waals surface area (Å²) in [7, 11) is 1.32. The largest absolute Gasteiger partial charge is 0.467 e. The van der Waals surface area contributed by atoms with Gasteiger partial charge in [0.25, 0.3) is 0 Å². The summed E-state index contributed by atoms with van der Waals surface area (Å²) in [5, 5.41) is 0. The Morgan fingerprint density at radius 3 is 2.45 bits per heavy atom. The van der Waals surface area contributed by atoms with E-state index in [0.29, 0.717) is 32.7 Å². The molecule has 20 heavy (non-hydrogen) atoms. The van der Waals surface area contributed by atoms with Crippen LogP contribution in [0.5, 0.6) is 0 Å². The molecule has 1 aliphatic heterocycles. The van der Waals surface area contributed by atoms with E-state index in [-0.39, 0.29) is 0 Å². The zero-order valence-electron chi connectivity index (χ0n) is 12.7. The third-order valence-electron chi connectivity index (χ3n) is 3.01. The number of piperazine rings is 1. The second kappa shape index (κ2) is 6.90. The topological polar surface area (TPSA) is 85.1 Å². The monoisotopic (exact) mass is 287 g/mol. The van der Waals surface area contributed by atoms with Crippen LogP contribution in [-0.4, -0.2) is 73.3 Å². The first-order valence-corrected chi connectivity index (χ1v) is 6.78. The first-order valence-electron chi connectivity index (χ1n) is 6.78. The summed E-state index contributed by atoms with van der Waals surface area (Å²) in [6.45, 7) is 8.10. The number of carbonyl (C=O) groups is 2. The van der Waals surface area contributed by atoms with Gasteiger partial charge in [-0.15, -0.1) is 0 Å². The Labute approximate surface area is 120 Å². The summed E-state index contributed by atoms with van der Waals surface area (Å²) in [5.41, 5.74) is 4.94. The number of hydrogen-bond donors (Lipinski definition) is 1. The van der Waals surface area contributed by atoms with Crippen molar-refractivity contribution in [3.63, 3.8) is 0 Å². The highest BCUT2D eigenvalue weighted by molar-refractivity contribution is 5.82. The summed E-state index contributed by atoms with van der Waals surface area (Å²) in [5.74, 6) is -0.433. The van der Waals surface area contributed by atoms with E-state index in [0.717, 1.165) is 0 Å². The van der Waals surface area contributed by atoms with E-state index in [9.17, 15) is 9.59 Å². The maximum Gasteiger partial charge on any atom is 0.411 e. The predicted octanol–water partition coefficient (Wildman–Crippen LogP) is 0.0394. The minimum absolute atomic E-state index is 0.420. The number of hydrogen-bond acceptors (Lipinski definition) is 6. The van der Waals surface area contributed by atoms with Crippen molar-refractivity contribution in [2.75, 3.05) is 39.8 Å². The van der Waals surface area contributed by atoms with Crippen molar-refractivity contribution in [3.8, 4) is 0 Å². The number of amides is 1. The molecule has 2 N–H and O–H groups in total. The van der Waals surface area contributed by atoms with Gasteiger partial charge in [-0.25, -0.2) is 9.59 Å². The van der Waals surface area contributed by atoms with Gasteiger partial charge in [0.15, 0.2) is 0 Å². The summed E-state index contributed by atoms with van der Waals surface area (Å²) in [6, 6.07) is -0.643. The normalized spacial score (nSPS) is 20.6. The molecule has 7 nitrogen and oxygen atoms in total. The lowest BCUT2D eigenvalue weighted by atomic mass is 10.1. The molecule has 1 saturated heterocycles. The van der Waals surface area contributed by atoms with Gasteiger partial charge in [0.1, 0.15) is 11.6 Å². The third kappa shape index (κ3) is 4.64. The molecule has 116 valence electrons. The average molecular weight is 287 g/mol. The number of carbonyl (C=O) groups excluding carboxylic acids is 2. The van der Waals surface area contributed by atoms with Crippen LogP contribution in [-0.2, 0) is 14.3 Å². The fraction of sp³-hybridized carbons (Fsp3) is 0.846. The number of nitrogens with two attached hydrogens (primary N) is 1. The number of methoxy groups -OCH3 is 1. The molecular weight excluding hydrogens is 262 g/mol. The molecule has 7 heteroatoms. The van der Waals surface area contributed by atoms with Crippen LogP contribution >= 0.6 is 0 Å². The van der Waals surface area contributed by atoms with Gasteiger partial charge in [-0.3, -0.25) is 9.80 Å². The molecule has 0 saturated carbocycles. The molecule has 0 aromatic carbocycles. The van der Waals surface area contributed by atoms with E-state index < -0.39 is 23.7 Å². The maximum absolute atomic E-state index is 12.2. The van der Waals surface area contributed by atoms with Gasteiger partial charge in [-0.2, -0.15) is 0 Å². The molecule has 0 aromatic heterocycles. The van der Waals surface area contributed by atoms with Crippen LogP contribution in [0.4, 0.5) is 4.79 Å². The molecule has 0 aromatic rings. The number of nitrogens with zero attached hydrogens (tertiary/aromatic N) is 2. The minimum Gasteiger partial charge on any atom is -0.467 e. The van der Waals surface area contributed by atoms with Gasteiger partial charge >= 0.3 is 12.1 Å². The van der Waals surface area contributed by atoms with Crippen LogP contribution in [0.2, 0.25) is 0 Å². The molecular formula is C13H25N3O4. The highest BCUT2D eigenvalue weighted by Crippen LogP contribution is 2.16. The fourth-order valence-electron chi connectivity index (χ4n) is 2.10. The molecule has 0 spiro atoms. The average Bonchev–Trinajstić information content (AvgIpc) is 2.36. The molecule has 1 heterocycles. The van der Waals surface area contributed by atoms with Gasteiger partial charge < -0.3 is 15.2 Å². The molecule has 0 bridgehead atoms. The minimum atomic E-state index is -0.643. The van der Waals surface area contributed by atoms with Crippen LogP contribution in [0.1, 0.15) is 20.8 Å². The van der Waals surface area contributed by atoms with Crippen molar-refractivity contribution in [2.45, 2.75) is 32.4 Å². The van der Waals surface area contributed by atoms with Crippen molar-refractivity contribution in [1.29, 1.82) is 0 Å². The summed E-state index contributed by atoms with van der Waals surface area (Å²) >= 11 is 0. The Morgan fingerprint density at radius 2 is 1.95 bits per heavy atom. The van der Waals surface area contributed by atoms with E-state index in [1.54, 1.807) is 20.8 Å². The van der Waals surface area contributed by atoms with E-state index in [2.05, 4.69) is 0 Å². The zero-order chi connectivity index (χ0) is 15.3. The van der Waals surface area contributed by atoms with Crippen LogP contribution in [0, 0.1) is 0 Å². The zero-order valence-corrected chi connectivity index (χ0v) is 12.7. The Balaban J connectivity index is 2.77. The molecule has 1 atom stereocenters. The molecule has 1 rings (SSSR count). The molecule has 0 aliphatic carbocycles. The molecule has 1 fully saturated rings. The standard InChI is InChI=1S/C13H25N3O4/c1-13(2,3)20-12(18)16-8-7-15(6-5-14)9-10(16)11(17)19-4/h10H,5-9,14H2,1-4H3. The third-order valence-corrected chi connectivity index (χ3v) is 3.01. The smallest absolute Gasteiger partial charge is 0.411 e. The van der Waals surface area contributed by atoms with Gasteiger partial charge in [0, 0.05) is 32.7 Å². The van der Waals surface area contributed by atoms with Crippen LogP contribution in [0.3, 0.4) is 0 Å². The summed E-state index contributed by atoms with van der Waals surface area (Å²) in [6.07, 6.45) is -0.486. The van der Waals surface area contributed by atoms with Gasteiger partial charge in [-0.1, -0.05) is 0 Å². The number of esters is 1. The second-order valence-electron chi connectivity index (χ2n) is 5.80.